The van der Waals surface area contributed by atoms with Gasteiger partial charge < -0.3 is 15.2 Å². The van der Waals surface area contributed by atoms with E-state index < -0.39 is 18.4 Å². The van der Waals surface area contributed by atoms with Crippen LogP contribution in [-0.4, -0.2) is 19.4 Å². The molecule has 0 bridgehead atoms. The summed E-state index contributed by atoms with van der Waals surface area (Å²) in [6.45, 7) is 0. The minimum atomic E-state index is -4.73. The SMILES string of the molecule is COC(=O)CC(N)c1ccc(OC(F)(F)F)cc1. The third-order valence-corrected chi connectivity index (χ3v) is 2.16. The Morgan fingerprint density at radius 2 is 1.89 bits per heavy atom. The molecule has 0 heterocycles. The average Bonchev–Trinajstić information content (AvgIpc) is 2.27. The largest absolute Gasteiger partial charge is 0.573 e. The highest BCUT2D eigenvalue weighted by atomic mass is 19.4. The molecule has 0 aliphatic heterocycles. The van der Waals surface area contributed by atoms with Crippen molar-refractivity contribution in [1.29, 1.82) is 0 Å². The second kappa shape index (κ2) is 5.72. The average molecular weight is 263 g/mol. The molecule has 0 aliphatic carbocycles. The lowest BCUT2D eigenvalue weighted by Gasteiger charge is -2.12. The van der Waals surface area contributed by atoms with Crippen molar-refractivity contribution in [1.82, 2.24) is 0 Å². The van der Waals surface area contributed by atoms with Crippen LogP contribution in [0.15, 0.2) is 24.3 Å². The molecule has 0 amide bonds. The first kappa shape index (κ1) is 14.3. The molecule has 0 aliphatic rings. The van der Waals surface area contributed by atoms with Crippen molar-refractivity contribution in [2.45, 2.75) is 18.8 Å². The molecule has 0 saturated heterocycles. The predicted molar refractivity (Wildman–Crippen MR) is 56.7 cm³/mol. The minimum Gasteiger partial charge on any atom is -0.469 e. The Hall–Kier alpha value is -1.76. The molecule has 1 aromatic carbocycles. The molecule has 0 fully saturated rings. The summed E-state index contributed by atoms with van der Waals surface area (Å²) in [6.07, 6.45) is -4.77. The van der Waals surface area contributed by atoms with Crippen molar-refractivity contribution in [3.63, 3.8) is 0 Å². The maximum Gasteiger partial charge on any atom is 0.573 e. The first-order chi connectivity index (χ1) is 8.31. The molecule has 2 N–H and O–H groups in total. The van der Waals surface area contributed by atoms with E-state index in [1.807, 2.05) is 0 Å². The highest BCUT2D eigenvalue weighted by molar-refractivity contribution is 5.70. The Labute approximate surface area is 101 Å². The number of carbonyl (C=O) groups is 1. The van der Waals surface area contributed by atoms with Crippen LogP contribution < -0.4 is 10.5 Å². The lowest BCUT2D eigenvalue weighted by Crippen LogP contribution is -2.18. The number of esters is 1. The number of rotatable bonds is 4. The van der Waals surface area contributed by atoms with Gasteiger partial charge in [0.2, 0.25) is 0 Å². The summed E-state index contributed by atoms with van der Waals surface area (Å²) < 4.78 is 43.9. The summed E-state index contributed by atoms with van der Waals surface area (Å²) in [5, 5.41) is 0. The second-order valence-electron chi connectivity index (χ2n) is 3.50. The van der Waals surface area contributed by atoms with Crippen LogP contribution in [0.3, 0.4) is 0 Å². The molecule has 100 valence electrons. The number of carbonyl (C=O) groups excluding carboxylic acids is 1. The van der Waals surface area contributed by atoms with E-state index in [1.54, 1.807) is 0 Å². The van der Waals surface area contributed by atoms with Crippen LogP contribution in [0, 0.1) is 0 Å². The molecule has 1 unspecified atom stereocenters. The van der Waals surface area contributed by atoms with Gasteiger partial charge in [-0.05, 0) is 17.7 Å². The molecule has 1 rings (SSSR count). The molecule has 18 heavy (non-hydrogen) atoms. The van der Waals surface area contributed by atoms with E-state index in [1.165, 1.54) is 19.2 Å². The lowest BCUT2D eigenvalue weighted by atomic mass is 10.0. The van der Waals surface area contributed by atoms with E-state index in [4.69, 9.17) is 5.73 Å². The molecule has 0 saturated carbocycles. The van der Waals surface area contributed by atoms with Crippen molar-refractivity contribution < 1.29 is 27.4 Å². The van der Waals surface area contributed by atoms with E-state index in [9.17, 15) is 18.0 Å². The molecule has 7 heteroatoms. The number of benzene rings is 1. The summed E-state index contributed by atoms with van der Waals surface area (Å²) in [7, 11) is 1.23. The van der Waals surface area contributed by atoms with Crippen LogP contribution in [0.2, 0.25) is 0 Å². The number of hydrogen-bond donors (Lipinski definition) is 1. The Kier molecular flexibility index (Phi) is 4.55. The second-order valence-corrected chi connectivity index (χ2v) is 3.50. The van der Waals surface area contributed by atoms with Gasteiger partial charge in [0.15, 0.2) is 0 Å². The van der Waals surface area contributed by atoms with Crippen molar-refractivity contribution >= 4 is 5.97 Å². The number of nitrogens with two attached hydrogens (primary N) is 1. The van der Waals surface area contributed by atoms with Gasteiger partial charge in [-0.15, -0.1) is 13.2 Å². The number of alkyl halides is 3. The molecule has 0 aromatic heterocycles. The highest BCUT2D eigenvalue weighted by Gasteiger charge is 2.31. The summed E-state index contributed by atoms with van der Waals surface area (Å²) in [5.41, 5.74) is 6.21. The lowest BCUT2D eigenvalue weighted by molar-refractivity contribution is -0.274. The van der Waals surface area contributed by atoms with Crippen LogP contribution in [0.4, 0.5) is 13.2 Å². The molecular weight excluding hydrogens is 251 g/mol. The van der Waals surface area contributed by atoms with Gasteiger partial charge in [-0.3, -0.25) is 4.79 Å². The van der Waals surface area contributed by atoms with E-state index >= 15 is 0 Å². The van der Waals surface area contributed by atoms with Crippen LogP contribution in [-0.2, 0) is 9.53 Å². The molecule has 0 spiro atoms. The molecule has 1 aromatic rings. The third kappa shape index (κ3) is 4.62. The minimum absolute atomic E-state index is 0.0457. The van der Waals surface area contributed by atoms with Gasteiger partial charge in [-0.2, -0.15) is 0 Å². The van der Waals surface area contributed by atoms with Crippen LogP contribution >= 0.6 is 0 Å². The zero-order chi connectivity index (χ0) is 13.8. The molecule has 1 atom stereocenters. The Bertz CT molecular complexity index is 403. The standard InChI is InChI=1S/C11H12F3NO3/c1-17-10(16)6-9(15)7-2-4-8(5-3-7)18-11(12,13)14/h2-5,9H,6,15H2,1H3. The van der Waals surface area contributed by atoms with Crippen molar-refractivity contribution in [2.24, 2.45) is 5.73 Å². The predicted octanol–water partition coefficient (Wildman–Crippen LogP) is 2.15. The van der Waals surface area contributed by atoms with E-state index in [0.29, 0.717) is 5.56 Å². The van der Waals surface area contributed by atoms with Gasteiger partial charge in [-0.1, -0.05) is 12.1 Å². The first-order valence-electron chi connectivity index (χ1n) is 5.00. The van der Waals surface area contributed by atoms with E-state index in [-0.39, 0.29) is 12.2 Å². The monoisotopic (exact) mass is 263 g/mol. The molecular formula is C11H12F3NO3. The van der Waals surface area contributed by atoms with Gasteiger partial charge in [0.25, 0.3) is 0 Å². The smallest absolute Gasteiger partial charge is 0.469 e. The van der Waals surface area contributed by atoms with Crippen molar-refractivity contribution in [3.05, 3.63) is 29.8 Å². The van der Waals surface area contributed by atoms with Gasteiger partial charge >= 0.3 is 12.3 Å². The van der Waals surface area contributed by atoms with Crippen LogP contribution in [0.1, 0.15) is 18.0 Å². The van der Waals surface area contributed by atoms with E-state index in [2.05, 4.69) is 9.47 Å². The fourth-order valence-electron chi connectivity index (χ4n) is 1.30. The summed E-state index contributed by atoms with van der Waals surface area (Å²) in [5.74, 6) is -0.824. The van der Waals surface area contributed by atoms with Crippen molar-refractivity contribution in [3.8, 4) is 5.75 Å². The Morgan fingerprint density at radius 1 is 1.33 bits per heavy atom. The Morgan fingerprint density at radius 3 is 2.33 bits per heavy atom. The summed E-state index contributed by atoms with van der Waals surface area (Å²) in [4.78, 5) is 11.0. The van der Waals surface area contributed by atoms with Crippen LogP contribution in [0.25, 0.3) is 0 Å². The normalized spacial score (nSPS) is 12.9. The number of hydrogen-bond acceptors (Lipinski definition) is 4. The summed E-state index contributed by atoms with van der Waals surface area (Å²) >= 11 is 0. The quantitative estimate of drug-likeness (QED) is 0.845. The third-order valence-electron chi connectivity index (χ3n) is 2.16. The van der Waals surface area contributed by atoms with E-state index in [0.717, 1.165) is 12.1 Å². The fraction of sp³-hybridized carbons (Fsp3) is 0.364. The summed E-state index contributed by atoms with van der Waals surface area (Å²) in [6, 6.07) is 4.39. The van der Waals surface area contributed by atoms with Gasteiger partial charge in [0.1, 0.15) is 5.75 Å². The highest BCUT2D eigenvalue weighted by Crippen LogP contribution is 2.24. The van der Waals surface area contributed by atoms with Gasteiger partial charge in [-0.25, -0.2) is 0 Å². The number of ether oxygens (including phenoxy) is 2. The molecule has 0 radical (unpaired) electrons. The van der Waals surface area contributed by atoms with Crippen LogP contribution in [0.5, 0.6) is 5.75 Å². The zero-order valence-corrected chi connectivity index (χ0v) is 9.53. The number of methoxy groups -OCH3 is 1. The topological polar surface area (TPSA) is 61.5 Å². The number of halogens is 3. The fourth-order valence-corrected chi connectivity index (χ4v) is 1.30. The molecule has 4 nitrogen and oxygen atoms in total. The Balaban J connectivity index is 2.67. The van der Waals surface area contributed by atoms with Gasteiger partial charge in [0.05, 0.1) is 13.5 Å². The van der Waals surface area contributed by atoms with Crippen molar-refractivity contribution in [2.75, 3.05) is 7.11 Å². The maximum absolute atomic E-state index is 11.9. The van der Waals surface area contributed by atoms with Gasteiger partial charge in [0, 0.05) is 6.04 Å². The first-order valence-corrected chi connectivity index (χ1v) is 5.00. The maximum atomic E-state index is 11.9. The zero-order valence-electron chi connectivity index (χ0n) is 9.53.